The molecule has 0 radical (unpaired) electrons. The van der Waals surface area contributed by atoms with Crippen LogP contribution in [0, 0.1) is 12.7 Å². The fourth-order valence-corrected chi connectivity index (χ4v) is 4.70. The molecule has 26 heavy (non-hydrogen) atoms. The Kier molecular flexibility index (Phi) is 5.38. The highest BCUT2D eigenvalue weighted by Crippen LogP contribution is 2.26. The third kappa shape index (κ3) is 3.78. The Labute approximate surface area is 152 Å². The van der Waals surface area contributed by atoms with E-state index in [0.717, 1.165) is 6.07 Å². The van der Waals surface area contributed by atoms with Crippen LogP contribution in [0.5, 0.6) is 5.88 Å². The van der Waals surface area contributed by atoms with Crippen LogP contribution in [0.2, 0.25) is 0 Å². The number of rotatable bonds is 5. The second kappa shape index (κ2) is 7.55. The number of nitrogens with zero attached hydrogens (tertiary/aromatic N) is 3. The minimum Gasteiger partial charge on any atom is -0.478 e. The van der Waals surface area contributed by atoms with Crippen molar-refractivity contribution in [2.45, 2.75) is 30.7 Å². The molecule has 1 aliphatic heterocycles. The molecule has 0 unspecified atom stereocenters. The van der Waals surface area contributed by atoms with Crippen molar-refractivity contribution in [2.75, 3.05) is 25.5 Å². The summed E-state index contributed by atoms with van der Waals surface area (Å²) in [6.07, 6.45) is 4.32. The van der Waals surface area contributed by atoms with Crippen molar-refractivity contribution < 1.29 is 17.5 Å². The largest absolute Gasteiger partial charge is 0.478 e. The molecular formula is C17H21FN4O3S. The van der Waals surface area contributed by atoms with Gasteiger partial charge in [-0.2, -0.15) is 4.31 Å². The molecule has 0 bridgehead atoms. The number of anilines is 1. The molecule has 1 N–H and O–H groups in total. The van der Waals surface area contributed by atoms with Gasteiger partial charge < -0.3 is 10.1 Å². The second-order valence-electron chi connectivity index (χ2n) is 6.15. The Hall–Kier alpha value is -2.26. The number of halogens is 1. The molecule has 0 saturated carbocycles. The van der Waals surface area contributed by atoms with Crippen molar-refractivity contribution >= 4 is 15.8 Å². The average molecular weight is 380 g/mol. The van der Waals surface area contributed by atoms with Gasteiger partial charge in [-0.3, -0.25) is 0 Å². The number of methoxy groups -OCH3 is 1. The zero-order valence-corrected chi connectivity index (χ0v) is 15.5. The molecule has 9 heteroatoms. The predicted octanol–water partition coefficient (Wildman–Crippen LogP) is 2.20. The van der Waals surface area contributed by atoms with E-state index in [-0.39, 0.29) is 10.9 Å². The number of piperidine rings is 1. The van der Waals surface area contributed by atoms with Gasteiger partial charge in [0.15, 0.2) is 5.82 Å². The first-order chi connectivity index (χ1) is 12.4. The number of aromatic nitrogens is 2. The molecule has 0 amide bonds. The molecule has 1 aromatic heterocycles. The number of benzene rings is 1. The maximum absolute atomic E-state index is 13.5. The van der Waals surface area contributed by atoms with Crippen LogP contribution in [0.25, 0.3) is 0 Å². The third-order valence-electron chi connectivity index (χ3n) is 4.42. The van der Waals surface area contributed by atoms with Gasteiger partial charge in [0.25, 0.3) is 5.88 Å². The summed E-state index contributed by atoms with van der Waals surface area (Å²) < 4.78 is 45.7. The Morgan fingerprint density at radius 2 is 1.92 bits per heavy atom. The molecule has 0 aliphatic carbocycles. The van der Waals surface area contributed by atoms with Crippen molar-refractivity contribution in [3.05, 3.63) is 42.0 Å². The van der Waals surface area contributed by atoms with E-state index in [2.05, 4.69) is 15.3 Å². The lowest BCUT2D eigenvalue weighted by atomic mass is 10.1. The van der Waals surface area contributed by atoms with E-state index in [1.165, 1.54) is 23.5 Å². The first-order valence-electron chi connectivity index (χ1n) is 8.29. The van der Waals surface area contributed by atoms with Crippen LogP contribution in [-0.2, 0) is 10.0 Å². The number of nitrogens with one attached hydrogen (secondary N) is 1. The van der Waals surface area contributed by atoms with E-state index < -0.39 is 15.8 Å². The molecule has 140 valence electrons. The van der Waals surface area contributed by atoms with Crippen LogP contribution in [0.4, 0.5) is 10.2 Å². The Balaban J connectivity index is 1.69. The maximum atomic E-state index is 13.5. The molecule has 1 aromatic carbocycles. The van der Waals surface area contributed by atoms with E-state index in [1.54, 1.807) is 19.3 Å². The summed E-state index contributed by atoms with van der Waals surface area (Å²) in [6, 6.07) is 3.88. The predicted molar refractivity (Wildman–Crippen MR) is 95.1 cm³/mol. The summed E-state index contributed by atoms with van der Waals surface area (Å²) in [5, 5.41) is 3.25. The first-order valence-corrected chi connectivity index (χ1v) is 9.73. The van der Waals surface area contributed by atoms with Crippen molar-refractivity contribution in [3.63, 3.8) is 0 Å². The van der Waals surface area contributed by atoms with Gasteiger partial charge in [0.1, 0.15) is 5.82 Å². The zero-order valence-electron chi connectivity index (χ0n) is 14.6. The van der Waals surface area contributed by atoms with Crippen LogP contribution >= 0.6 is 0 Å². The van der Waals surface area contributed by atoms with Gasteiger partial charge in [0.2, 0.25) is 10.0 Å². The smallest absolute Gasteiger partial charge is 0.257 e. The van der Waals surface area contributed by atoms with E-state index in [0.29, 0.717) is 43.2 Å². The molecule has 2 heterocycles. The summed E-state index contributed by atoms with van der Waals surface area (Å²) in [5.41, 5.74) is 0.538. The van der Waals surface area contributed by atoms with Crippen LogP contribution in [0.1, 0.15) is 18.4 Å². The second-order valence-corrected chi connectivity index (χ2v) is 8.05. The Morgan fingerprint density at radius 1 is 1.23 bits per heavy atom. The lowest BCUT2D eigenvalue weighted by Crippen LogP contribution is -2.42. The number of ether oxygens (including phenoxy) is 1. The number of hydrogen-bond donors (Lipinski definition) is 1. The van der Waals surface area contributed by atoms with Crippen LogP contribution in [0.15, 0.2) is 35.5 Å². The molecule has 7 nitrogen and oxygen atoms in total. The van der Waals surface area contributed by atoms with E-state index >= 15 is 0 Å². The topological polar surface area (TPSA) is 84.4 Å². The van der Waals surface area contributed by atoms with Crippen molar-refractivity contribution in [1.82, 2.24) is 14.3 Å². The molecule has 1 saturated heterocycles. The molecule has 0 atom stereocenters. The maximum Gasteiger partial charge on any atom is 0.257 e. The quantitative estimate of drug-likeness (QED) is 0.856. The molecule has 0 spiro atoms. The summed E-state index contributed by atoms with van der Waals surface area (Å²) in [5.74, 6) is 0.385. The monoisotopic (exact) mass is 380 g/mol. The first kappa shape index (κ1) is 18.5. The minimum atomic E-state index is -3.71. The molecule has 1 fully saturated rings. The van der Waals surface area contributed by atoms with Gasteiger partial charge in [-0.15, -0.1) is 0 Å². The highest BCUT2D eigenvalue weighted by molar-refractivity contribution is 7.89. The van der Waals surface area contributed by atoms with Gasteiger partial charge in [-0.1, -0.05) is 6.07 Å². The summed E-state index contributed by atoms with van der Waals surface area (Å²) in [7, 11) is -2.19. The van der Waals surface area contributed by atoms with Gasteiger partial charge in [0, 0.05) is 31.5 Å². The standard InChI is InChI=1S/C17H21FN4O3S/c1-12-3-4-13(18)11-15(12)26(23,24)22-9-5-14(6-10-22)21-16-17(25-2)20-8-7-19-16/h3-4,7-8,11,14H,5-6,9-10H2,1-2H3,(H,19,21). The lowest BCUT2D eigenvalue weighted by Gasteiger charge is -2.32. The minimum absolute atomic E-state index is 0.0273. The fraction of sp³-hybridized carbons (Fsp3) is 0.412. The average Bonchev–Trinajstić information content (AvgIpc) is 2.64. The van der Waals surface area contributed by atoms with Crippen LogP contribution in [-0.4, -0.2) is 48.9 Å². The summed E-state index contributed by atoms with van der Waals surface area (Å²) >= 11 is 0. The SMILES string of the molecule is COc1nccnc1NC1CCN(S(=O)(=O)c2cc(F)ccc2C)CC1. The fourth-order valence-electron chi connectivity index (χ4n) is 3.00. The number of aryl methyl sites for hydroxylation is 1. The van der Waals surface area contributed by atoms with Crippen molar-refractivity contribution in [3.8, 4) is 5.88 Å². The highest BCUT2D eigenvalue weighted by Gasteiger charge is 2.31. The molecule has 1 aliphatic rings. The van der Waals surface area contributed by atoms with Gasteiger partial charge in [-0.05, 0) is 37.5 Å². The summed E-state index contributed by atoms with van der Waals surface area (Å²) in [6.45, 7) is 2.36. The van der Waals surface area contributed by atoms with Crippen molar-refractivity contribution in [2.24, 2.45) is 0 Å². The van der Waals surface area contributed by atoms with E-state index in [1.807, 2.05) is 0 Å². The highest BCUT2D eigenvalue weighted by atomic mass is 32.2. The zero-order chi connectivity index (χ0) is 18.7. The molecular weight excluding hydrogens is 359 g/mol. The molecule has 2 aromatic rings. The third-order valence-corrected chi connectivity index (χ3v) is 6.46. The number of hydrogen-bond acceptors (Lipinski definition) is 6. The van der Waals surface area contributed by atoms with E-state index in [4.69, 9.17) is 4.74 Å². The Morgan fingerprint density at radius 3 is 2.62 bits per heavy atom. The van der Waals surface area contributed by atoms with Gasteiger partial charge in [-0.25, -0.2) is 22.8 Å². The van der Waals surface area contributed by atoms with Crippen LogP contribution in [0.3, 0.4) is 0 Å². The number of sulfonamides is 1. The van der Waals surface area contributed by atoms with Gasteiger partial charge >= 0.3 is 0 Å². The van der Waals surface area contributed by atoms with Crippen LogP contribution < -0.4 is 10.1 Å². The molecule has 3 rings (SSSR count). The summed E-state index contributed by atoms with van der Waals surface area (Å²) in [4.78, 5) is 8.32. The van der Waals surface area contributed by atoms with Gasteiger partial charge in [0.05, 0.1) is 12.0 Å². The van der Waals surface area contributed by atoms with E-state index in [9.17, 15) is 12.8 Å². The van der Waals surface area contributed by atoms with Crippen molar-refractivity contribution in [1.29, 1.82) is 0 Å². The normalized spacial score (nSPS) is 16.4. The Bertz CT molecular complexity index is 883. The lowest BCUT2D eigenvalue weighted by molar-refractivity contribution is 0.328.